The van der Waals surface area contributed by atoms with Crippen molar-refractivity contribution in [2.75, 3.05) is 0 Å². The van der Waals surface area contributed by atoms with Crippen LogP contribution in [0.3, 0.4) is 0 Å². The molecule has 3 unspecified atom stereocenters. The Labute approximate surface area is 185 Å². The van der Waals surface area contributed by atoms with Gasteiger partial charge in [-0.25, -0.2) is 0 Å². The quantitative estimate of drug-likeness (QED) is 0.479. The molecular weight excluding hydrogens is 372 g/mol. The first-order chi connectivity index (χ1) is 14.2. The van der Waals surface area contributed by atoms with E-state index in [1.807, 2.05) is 6.92 Å². The van der Waals surface area contributed by atoms with E-state index in [2.05, 4.69) is 20.8 Å². The molecule has 4 saturated carbocycles. The Kier molecular flexibility index (Phi) is 6.66. The molecule has 0 amide bonds. The van der Waals surface area contributed by atoms with Crippen molar-refractivity contribution in [1.29, 1.82) is 0 Å². The molecular formula is C27H48O3. The van der Waals surface area contributed by atoms with Gasteiger partial charge in [-0.05, 0) is 111 Å². The zero-order chi connectivity index (χ0) is 21.7. The number of aliphatic hydroxyl groups is 3. The molecule has 0 heterocycles. The molecule has 0 radical (unpaired) electrons. The maximum Gasteiger partial charge on any atom is 0.154 e. The monoisotopic (exact) mass is 420 g/mol. The van der Waals surface area contributed by atoms with Gasteiger partial charge in [0.1, 0.15) is 0 Å². The first-order valence-corrected chi connectivity index (χ1v) is 13.2. The minimum Gasteiger partial charge on any atom is -0.393 e. The molecule has 3 heteroatoms. The maximum absolute atomic E-state index is 10.5. The summed E-state index contributed by atoms with van der Waals surface area (Å²) in [7, 11) is 0. The number of hydrogen-bond acceptors (Lipinski definition) is 3. The highest BCUT2D eigenvalue weighted by Gasteiger charge is 2.60. The predicted octanol–water partition coefficient (Wildman–Crippen LogP) is 5.76. The van der Waals surface area contributed by atoms with Gasteiger partial charge in [-0.1, -0.05) is 40.5 Å². The Morgan fingerprint density at radius 2 is 1.53 bits per heavy atom. The maximum atomic E-state index is 10.5. The summed E-state index contributed by atoms with van der Waals surface area (Å²) in [6.45, 7) is 9.60. The van der Waals surface area contributed by atoms with Crippen LogP contribution in [0.25, 0.3) is 0 Å². The van der Waals surface area contributed by atoms with Crippen LogP contribution in [-0.4, -0.2) is 27.7 Å². The summed E-state index contributed by atoms with van der Waals surface area (Å²) in [4.78, 5) is 0. The van der Waals surface area contributed by atoms with Crippen LogP contribution in [0.5, 0.6) is 0 Å². The Balaban J connectivity index is 1.42. The second-order valence-corrected chi connectivity index (χ2v) is 12.6. The van der Waals surface area contributed by atoms with E-state index in [4.69, 9.17) is 0 Å². The van der Waals surface area contributed by atoms with E-state index in [1.54, 1.807) is 0 Å². The Hall–Kier alpha value is -0.120. The highest BCUT2D eigenvalue weighted by Crippen LogP contribution is 2.68. The zero-order valence-electron chi connectivity index (χ0n) is 20.0. The summed E-state index contributed by atoms with van der Waals surface area (Å²) < 4.78 is 0. The first-order valence-electron chi connectivity index (χ1n) is 13.2. The molecule has 0 aromatic carbocycles. The van der Waals surface area contributed by atoms with E-state index in [0.29, 0.717) is 10.8 Å². The third-order valence-corrected chi connectivity index (χ3v) is 11.2. The van der Waals surface area contributed by atoms with Crippen LogP contribution in [-0.2, 0) is 0 Å². The van der Waals surface area contributed by atoms with Gasteiger partial charge in [0, 0.05) is 5.92 Å². The Morgan fingerprint density at radius 1 is 0.833 bits per heavy atom. The SMILES string of the molecule is CC(CCC[C@@H](C)[C@H]1CC[C@H]2[C@@H]3CCC4CCC(O)C[C@]4(C)[C@H]3CC[C@]12C)C(O)O. The molecule has 0 aromatic heterocycles. The summed E-state index contributed by atoms with van der Waals surface area (Å²) >= 11 is 0. The van der Waals surface area contributed by atoms with Crippen LogP contribution in [0.15, 0.2) is 0 Å². The summed E-state index contributed by atoms with van der Waals surface area (Å²) in [6.07, 6.45) is 13.8. The van der Waals surface area contributed by atoms with Crippen LogP contribution in [0.1, 0.15) is 105 Å². The third kappa shape index (κ3) is 3.90. The second kappa shape index (κ2) is 8.67. The minimum atomic E-state index is -1.17. The van der Waals surface area contributed by atoms with Crippen molar-refractivity contribution in [1.82, 2.24) is 0 Å². The lowest BCUT2D eigenvalue weighted by atomic mass is 9.44. The number of hydrogen-bond donors (Lipinski definition) is 3. The van der Waals surface area contributed by atoms with Crippen molar-refractivity contribution in [2.24, 2.45) is 52.3 Å². The smallest absolute Gasteiger partial charge is 0.154 e. The lowest BCUT2D eigenvalue weighted by molar-refractivity contribution is -0.133. The highest BCUT2D eigenvalue weighted by atomic mass is 16.5. The van der Waals surface area contributed by atoms with Gasteiger partial charge in [0.05, 0.1) is 6.10 Å². The van der Waals surface area contributed by atoms with E-state index in [9.17, 15) is 15.3 Å². The molecule has 3 nitrogen and oxygen atoms in total. The van der Waals surface area contributed by atoms with Gasteiger partial charge in [-0.2, -0.15) is 0 Å². The van der Waals surface area contributed by atoms with Crippen LogP contribution < -0.4 is 0 Å². The molecule has 0 aromatic rings. The lowest BCUT2D eigenvalue weighted by Crippen LogP contribution is -2.54. The fourth-order valence-electron chi connectivity index (χ4n) is 9.42. The number of rotatable bonds is 6. The topological polar surface area (TPSA) is 60.7 Å². The van der Waals surface area contributed by atoms with Crippen LogP contribution in [0.2, 0.25) is 0 Å². The summed E-state index contributed by atoms with van der Waals surface area (Å²) in [5.74, 6) is 5.03. The van der Waals surface area contributed by atoms with Gasteiger partial charge in [0.15, 0.2) is 6.29 Å². The molecule has 0 spiro atoms. The van der Waals surface area contributed by atoms with Crippen molar-refractivity contribution in [3.63, 3.8) is 0 Å². The van der Waals surface area contributed by atoms with Crippen molar-refractivity contribution in [2.45, 2.75) is 117 Å². The van der Waals surface area contributed by atoms with Gasteiger partial charge in [0.25, 0.3) is 0 Å². The van der Waals surface area contributed by atoms with E-state index in [-0.39, 0.29) is 12.0 Å². The molecule has 4 aliphatic rings. The predicted molar refractivity (Wildman–Crippen MR) is 122 cm³/mol. The van der Waals surface area contributed by atoms with Crippen molar-refractivity contribution in [3.05, 3.63) is 0 Å². The van der Waals surface area contributed by atoms with Gasteiger partial charge in [0.2, 0.25) is 0 Å². The number of aliphatic hydroxyl groups excluding tert-OH is 2. The van der Waals surface area contributed by atoms with Crippen LogP contribution in [0, 0.1) is 52.3 Å². The normalized spacial score (nSPS) is 48.0. The number of fused-ring (bicyclic) bond motifs is 5. The average Bonchev–Trinajstić information content (AvgIpc) is 3.04. The van der Waals surface area contributed by atoms with E-state index < -0.39 is 6.29 Å². The molecule has 3 N–H and O–H groups in total. The van der Waals surface area contributed by atoms with Gasteiger partial charge in [-0.15, -0.1) is 0 Å². The molecule has 30 heavy (non-hydrogen) atoms. The largest absolute Gasteiger partial charge is 0.393 e. The summed E-state index contributed by atoms with van der Waals surface area (Å²) in [5, 5.41) is 29.2. The van der Waals surface area contributed by atoms with Crippen molar-refractivity contribution < 1.29 is 15.3 Å². The molecule has 174 valence electrons. The fraction of sp³-hybridized carbons (Fsp3) is 1.00. The second-order valence-electron chi connectivity index (χ2n) is 12.6. The van der Waals surface area contributed by atoms with E-state index in [1.165, 1.54) is 51.4 Å². The van der Waals surface area contributed by atoms with E-state index in [0.717, 1.165) is 61.2 Å². The van der Waals surface area contributed by atoms with Crippen molar-refractivity contribution in [3.8, 4) is 0 Å². The molecule has 0 aliphatic heterocycles. The van der Waals surface area contributed by atoms with Crippen LogP contribution >= 0.6 is 0 Å². The lowest BCUT2D eigenvalue weighted by Gasteiger charge is -2.61. The molecule has 4 fully saturated rings. The summed E-state index contributed by atoms with van der Waals surface area (Å²) in [5.41, 5.74) is 0.881. The summed E-state index contributed by atoms with van der Waals surface area (Å²) in [6, 6.07) is 0. The molecule has 4 rings (SSSR count). The minimum absolute atomic E-state index is 0.0127. The average molecular weight is 421 g/mol. The van der Waals surface area contributed by atoms with Gasteiger partial charge >= 0.3 is 0 Å². The fourth-order valence-corrected chi connectivity index (χ4v) is 9.42. The molecule has 10 atom stereocenters. The van der Waals surface area contributed by atoms with E-state index >= 15 is 0 Å². The Bertz CT molecular complexity index is 591. The first kappa shape index (κ1) is 23.1. The van der Waals surface area contributed by atoms with Crippen molar-refractivity contribution >= 4 is 0 Å². The van der Waals surface area contributed by atoms with Gasteiger partial charge in [-0.3, -0.25) is 0 Å². The molecule has 4 aliphatic carbocycles. The van der Waals surface area contributed by atoms with Gasteiger partial charge < -0.3 is 15.3 Å². The zero-order valence-corrected chi connectivity index (χ0v) is 20.0. The molecule has 0 saturated heterocycles. The standard InChI is InChI=1S/C27H48O3/c1-17(6-5-7-18(2)25(29)30)22-12-13-23-21-11-9-19-8-10-20(28)16-27(19,4)24(21)14-15-26(22,23)3/h17-25,28-30H,5-16H2,1-4H3/t17-,18?,19?,20?,21+,22-,23+,24+,26-,27+/m1/s1. The molecule has 0 bridgehead atoms. The Morgan fingerprint density at radius 3 is 2.27 bits per heavy atom. The van der Waals surface area contributed by atoms with Crippen LogP contribution in [0.4, 0.5) is 0 Å². The third-order valence-electron chi connectivity index (χ3n) is 11.2. The highest BCUT2D eigenvalue weighted by molar-refractivity contribution is 5.09.